The Labute approximate surface area is 325 Å². The predicted molar refractivity (Wildman–Crippen MR) is 220 cm³/mol. The third-order valence-electron chi connectivity index (χ3n) is 9.63. The van der Waals surface area contributed by atoms with Crippen LogP contribution in [0.5, 0.6) is 0 Å². The smallest absolute Gasteiger partial charge is 0.121 e. The Morgan fingerprint density at radius 2 is 1.48 bits per heavy atom. The van der Waals surface area contributed by atoms with Gasteiger partial charge in [0.15, 0.2) is 0 Å². The van der Waals surface area contributed by atoms with Crippen LogP contribution in [0.4, 0.5) is 0 Å². The van der Waals surface area contributed by atoms with Gasteiger partial charge in [0.1, 0.15) is 5.58 Å². The number of furan rings is 1. The van der Waals surface area contributed by atoms with Gasteiger partial charge in [0, 0.05) is 37.9 Å². The fourth-order valence-corrected chi connectivity index (χ4v) is 8.71. The number of fused-ring (bicyclic) bond motifs is 3. The normalized spacial score (nSPS) is 11.8. The molecule has 7 aromatic rings. The maximum Gasteiger partial charge on any atom is 0.121 e. The molecule has 52 heavy (non-hydrogen) atoms. The monoisotopic (exact) mass is 879 g/mol. The van der Waals surface area contributed by atoms with Gasteiger partial charge in [-0.25, -0.2) is 0 Å². The van der Waals surface area contributed by atoms with Crippen LogP contribution in [0.15, 0.2) is 102 Å². The zero-order valence-electron chi connectivity index (χ0n) is 32.5. The van der Waals surface area contributed by atoms with E-state index in [4.69, 9.17) is 4.42 Å². The van der Waals surface area contributed by atoms with Crippen LogP contribution in [0.25, 0.3) is 55.6 Å². The molecule has 0 atom stereocenters. The van der Waals surface area contributed by atoms with Crippen LogP contribution < -0.4 is 5.19 Å². The van der Waals surface area contributed by atoms with E-state index in [0.717, 1.165) is 44.5 Å². The molecular weight excluding hydrogens is 829 g/mol. The van der Waals surface area contributed by atoms with E-state index in [1.807, 2.05) is 30.5 Å². The molecule has 269 valence electrons. The standard InChI is InChI=1S/C30H28NO.C17H22NSi.Ir/c1-18-14-19(2)28(20(3)15-18)21-10-11-23-24-8-7-9-25(29(24)32-27(23)16-21)26-17-22(12-13-31-26)30(4,5)6;1-13(2)15-11-16(14-9-7-6-8-10-14)18-12-17(15)19(3,4)5;/h7-8,10-17H,1-6H3;6-9,11-13H,1-5H3;/q2*-1;. The van der Waals surface area contributed by atoms with Gasteiger partial charge in [0.2, 0.25) is 0 Å². The Bertz CT molecular complexity index is 2320. The number of pyridine rings is 2. The van der Waals surface area contributed by atoms with E-state index in [-0.39, 0.29) is 25.5 Å². The van der Waals surface area contributed by atoms with Crippen molar-refractivity contribution in [3.05, 3.63) is 137 Å². The first-order valence-electron chi connectivity index (χ1n) is 18.0. The van der Waals surface area contributed by atoms with Gasteiger partial charge in [-0.05, 0) is 88.6 Å². The summed E-state index contributed by atoms with van der Waals surface area (Å²) in [7, 11) is -1.34. The van der Waals surface area contributed by atoms with E-state index < -0.39 is 8.07 Å². The van der Waals surface area contributed by atoms with Crippen LogP contribution in [-0.4, -0.2) is 18.0 Å². The van der Waals surface area contributed by atoms with Crippen LogP contribution in [0.3, 0.4) is 0 Å². The van der Waals surface area contributed by atoms with Crippen molar-refractivity contribution in [1.82, 2.24) is 9.97 Å². The van der Waals surface area contributed by atoms with E-state index in [2.05, 4.69) is 164 Å². The van der Waals surface area contributed by atoms with Gasteiger partial charge in [-0.3, -0.25) is 0 Å². The maximum atomic E-state index is 6.46. The van der Waals surface area contributed by atoms with Crippen molar-refractivity contribution in [3.8, 4) is 33.6 Å². The Kier molecular flexibility index (Phi) is 11.6. The first-order chi connectivity index (χ1) is 24.1. The minimum Gasteiger partial charge on any atom is -0.501 e. The quantitative estimate of drug-likeness (QED) is 0.128. The number of hydrogen-bond donors (Lipinski definition) is 0. The van der Waals surface area contributed by atoms with Crippen molar-refractivity contribution >= 4 is 35.2 Å². The number of aryl methyl sites for hydroxylation is 3. The number of nitrogens with zero attached hydrogens (tertiary/aromatic N) is 2. The van der Waals surface area contributed by atoms with Crippen molar-refractivity contribution in [3.63, 3.8) is 0 Å². The summed E-state index contributed by atoms with van der Waals surface area (Å²) in [6.45, 7) is 24.8. The molecule has 0 aliphatic heterocycles. The largest absolute Gasteiger partial charge is 0.501 e. The van der Waals surface area contributed by atoms with E-state index in [0.29, 0.717) is 5.92 Å². The number of hydrogen-bond acceptors (Lipinski definition) is 3. The summed E-state index contributed by atoms with van der Waals surface area (Å²) in [6.07, 6.45) is 3.98. The van der Waals surface area contributed by atoms with Crippen molar-refractivity contribution in [1.29, 1.82) is 0 Å². The first-order valence-corrected chi connectivity index (χ1v) is 21.5. The molecule has 0 N–H and O–H groups in total. The molecule has 0 bridgehead atoms. The van der Waals surface area contributed by atoms with Crippen LogP contribution in [0.1, 0.15) is 68.4 Å². The molecule has 0 aliphatic rings. The molecule has 0 spiro atoms. The van der Waals surface area contributed by atoms with E-state index in [9.17, 15) is 0 Å². The molecule has 0 saturated heterocycles. The summed E-state index contributed by atoms with van der Waals surface area (Å²) in [5, 5.41) is 3.69. The summed E-state index contributed by atoms with van der Waals surface area (Å²) < 4.78 is 6.46. The molecule has 3 heterocycles. The molecular formula is C47H50IrN2OSi-2. The Morgan fingerprint density at radius 1 is 0.750 bits per heavy atom. The minimum absolute atomic E-state index is 0. The molecule has 0 amide bonds. The Morgan fingerprint density at radius 3 is 2.12 bits per heavy atom. The topological polar surface area (TPSA) is 38.9 Å². The minimum atomic E-state index is -1.34. The number of benzene rings is 4. The average molecular weight is 879 g/mol. The van der Waals surface area contributed by atoms with Gasteiger partial charge in [0.25, 0.3) is 0 Å². The van der Waals surface area contributed by atoms with Crippen molar-refractivity contribution in [2.45, 2.75) is 86.4 Å². The van der Waals surface area contributed by atoms with Crippen LogP contribution in [0, 0.1) is 32.9 Å². The van der Waals surface area contributed by atoms with Crippen molar-refractivity contribution < 1.29 is 24.5 Å². The summed E-state index contributed by atoms with van der Waals surface area (Å²) in [5.41, 5.74) is 14.7. The first kappa shape index (κ1) is 39.1. The predicted octanol–water partition coefficient (Wildman–Crippen LogP) is 12.6. The SMILES string of the molecule is CC(C)c1cc(-c2[c-]cccc2)ncc1[Si](C)(C)C.Cc1cc(C)c(-c2ccc3c(c2)oc2c(-c4cc(C(C)(C)C)ccn4)[c-]ccc23)c(C)c1.[Ir]. The zero-order valence-corrected chi connectivity index (χ0v) is 35.8. The molecule has 4 aromatic carbocycles. The summed E-state index contributed by atoms with van der Waals surface area (Å²) in [6, 6.07) is 36.3. The van der Waals surface area contributed by atoms with Gasteiger partial charge < -0.3 is 14.4 Å². The number of rotatable bonds is 5. The molecule has 3 nitrogen and oxygen atoms in total. The third-order valence-corrected chi connectivity index (χ3v) is 11.7. The fourth-order valence-electron chi connectivity index (χ4n) is 7.03. The van der Waals surface area contributed by atoms with Crippen molar-refractivity contribution in [2.75, 3.05) is 0 Å². The Hall–Kier alpha value is -4.15. The Balaban J connectivity index is 0.000000225. The van der Waals surface area contributed by atoms with E-state index in [1.54, 1.807) is 0 Å². The maximum absolute atomic E-state index is 6.46. The van der Waals surface area contributed by atoms with Gasteiger partial charge in [-0.15, -0.1) is 54.1 Å². The molecule has 5 heteroatoms. The van der Waals surface area contributed by atoms with Gasteiger partial charge >= 0.3 is 0 Å². The third kappa shape index (κ3) is 8.23. The molecule has 0 unspecified atom stereocenters. The molecule has 3 aromatic heterocycles. The number of aromatic nitrogens is 2. The van der Waals surface area contributed by atoms with Crippen LogP contribution in [-0.2, 0) is 25.5 Å². The van der Waals surface area contributed by atoms with Crippen LogP contribution in [0.2, 0.25) is 19.6 Å². The molecule has 0 aliphatic carbocycles. The summed E-state index contributed by atoms with van der Waals surface area (Å²) in [5.74, 6) is 0.534. The second-order valence-corrected chi connectivity index (χ2v) is 21.2. The molecule has 0 fully saturated rings. The second-order valence-electron chi connectivity index (χ2n) is 16.2. The van der Waals surface area contributed by atoms with Crippen molar-refractivity contribution in [2.24, 2.45) is 0 Å². The van der Waals surface area contributed by atoms with Gasteiger partial charge in [0.05, 0.1) is 13.7 Å². The van der Waals surface area contributed by atoms with Gasteiger partial charge in [-0.1, -0.05) is 113 Å². The molecule has 0 saturated carbocycles. The van der Waals surface area contributed by atoms with Gasteiger partial charge in [-0.2, -0.15) is 0 Å². The van der Waals surface area contributed by atoms with Crippen LogP contribution >= 0.6 is 0 Å². The average Bonchev–Trinajstić information content (AvgIpc) is 3.46. The molecule has 1 radical (unpaired) electrons. The summed E-state index contributed by atoms with van der Waals surface area (Å²) in [4.78, 5) is 9.31. The second kappa shape index (κ2) is 15.4. The fraction of sp³-hybridized carbons (Fsp3) is 0.277. The van der Waals surface area contributed by atoms with E-state index >= 15 is 0 Å². The summed E-state index contributed by atoms with van der Waals surface area (Å²) >= 11 is 0. The van der Waals surface area contributed by atoms with E-state index in [1.165, 1.54) is 44.1 Å². The zero-order chi connectivity index (χ0) is 36.7. The molecule has 7 rings (SSSR count).